The molecule has 11 heteroatoms. The van der Waals surface area contributed by atoms with Gasteiger partial charge in [-0.2, -0.15) is 0 Å². The van der Waals surface area contributed by atoms with Crippen LogP contribution >= 0.6 is 11.3 Å². The largest absolute Gasteiger partial charge is 0.465 e. The van der Waals surface area contributed by atoms with Gasteiger partial charge < -0.3 is 9.64 Å². The van der Waals surface area contributed by atoms with Gasteiger partial charge in [0.1, 0.15) is 11.6 Å². The van der Waals surface area contributed by atoms with Crippen LogP contribution in [0.5, 0.6) is 0 Å². The van der Waals surface area contributed by atoms with Crippen LogP contribution in [-0.4, -0.2) is 38.8 Å². The number of benzene rings is 2. The van der Waals surface area contributed by atoms with Crippen molar-refractivity contribution in [3.05, 3.63) is 81.7 Å². The van der Waals surface area contributed by atoms with Gasteiger partial charge in [0.05, 0.1) is 19.2 Å². The summed E-state index contributed by atoms with van der Waals surface area (Å²) in [6.45, 7) is 0.277. The molecule has 2 aromatic carbocycles. The standard InChI is InChI=1S/C22H18F2N2O5S2/c1-31-21(28)19-17-9-10-26(20(27)13-3-2-4-15(24)11-13)12-18(17)32-22(19)33(29,30)25-16-7-5-14(23)6-8-16/h2-8,11,25H,9-10,12H2,1H3. The second-order valence-corrected chi connectivity index (χ2v) is 10.2. The van der Waals surface area contributed by atoms with E-state index < -0.39 is 33.5 Å². The molecular formula is C22H18F2N2O5S2. The van der Waals surface area contributed by atoms with E-state index in [9.17, 15) is 26.8 Å². The number of thiophene rings is 1. The molecule has 0 fully saturated rings. The Labute approximate surface area is 192 Å². The van der Waals surface area contributed by atoms with Crippen LogP contribution in [-0.2, 0) is 27.7 Å². The second-order valence-electron chi connectivity index (χ2n) is 7.26. The second kappa shape index (κ2) is 8.91. The van der Waals surface area contributed by atoms with E-state index in [1.54, 1.807) is 0 Å². The van der Waals surface area contributed by atoms with Gasteiger partial charge in [0.25, 0.3) is 15.9 Å². The van der Waals surface area contributed by atoms with E-state index >= 15 is 0 Å². The van der Waals surface area contributed by atoms with Crippen LogP contribution in [0.3, 0.4) is 0 Å². The minimum Gasteiger partial charge on any atom is -0.465 e. The lowest BCUT2D eigenvalue weighted by molar-refractivity contribution is 0.0595. The molecule has 0 atom stereocenters. The number of halogens is 2. The number of fused-ring (bicyclic) bond motifs is 1. The third-order valence-corrected chi connectivity index (χ3v) is 8.23. The molecule has 2 heterocycles. The third-order valence-electron chi connectivity index (χ3n) is 5.11. The van der Waals surface area contributed by atoms with E-state index in [0.717, 1.165) is 36.6 Å². The summed E-state index contributed by atoms with van der Waals surface area (Å²) in [6.07, 6.45) is 0.226. The summed E-state index contributed by atoms with van der Waals surface area (Å²) in [5, 5.41) is 0. The van der Waals surface area contributed by atoms with Crippen LogP contribution in [0.4, 0.5) is 14.5 Å². The highest BCUT2D eigenvalue weighted by atomic mass is 32.2. The van der Waals surface area contributed by atoms with E-state index in [0.29, 0.717) is 10.4 Å². The summed E-state index contributed by atoms with van der Waals surface area (Å²) in [6, 6.07) is 10.0. The quantitative estimate of drug-likeness (QED) is 0.547. The first kappa shape index (κ1) is 22.9. The van der Waals surface area contributed by atoms with Gasteiger partial charge in [-0.15, -0.1) is 11.3 Å². The number of sulfonamides is 1. The summed E-state index contributed by atoms with van der Waals surface area (Å²) in [5.74, 6) is -2.27. The Bertz CT molecular complexity index is 1340. The van der Waals surface area contributed by atoms with Crippen LogP contribution in [0.25, 0.3) is 0 Å². The van der Waals surface area contributed by atoms with Crippen molar-refractivity contribution < 1.29 is 31.5 Å². The number of hydrogen-bond acceptors (Lipinski definition) is 6. The number of methoxy groups -OCH3 is 1. The zero-order chi connectivity index (χ0) is 23.8. The van der Waals surface area contributed by atoms with Crippen molar-refractivity contribution in [3.63, 3.8) is 0 Å². The number of rotatable bonds is 5. The van der Waals surface area contributed by atoms with Gasteiger partial charge in [-0.1, -0.05) is 6.07 Å². The van der Waals surface area contributed by atoms with Crippen LogP contribution in [0, 0.1) is 11.6 Å². The summed E-state index contributed by atoms with van der Waals surface area (Å²) >= 11 is 0.861. The summed E-state index contributed by atoms with van der Waals surface area (Å²) in [7, 11) is -3.06. The Hall–Kier alpha value is -3.31. The number of nitrogens with zero attached hydrogens (tertiary/aromatic N) is 1. The average molecular weight is 493 g/mol. The summed E-state index contributed by atoms with van der Waals surface area (Å²) < 4.78 is 59.8. The zero-order valence-electron chi connectivity index (χ0n) is 17.3. The van der Waals surface area contributed by atoms with Crippen LogP contribution in [0.15, 0.2) is 52.7 Å². The topological polar surface area (TPSA) is 92.8 Å². The molecule has 0 spiro atoms. The molecule has 0 aliphatic carbocycles. The molecule has 0 unspecified atom stereocenters. The molecule has 0 saturated carbocycles. The maximum Gasteiger partial charge on any atom is 0.340 e. The van der Waals surface area contributed by atoms with Crippen LogP contribution in [0.2, 0.25) is 0 Å². The lowest BCUT2D eigenvalue weighted by Gasteiger charge is -2.27. The first-order valence-electron chi connectivity index (χ1n) is 9.75. The minimum absolute atomic E-state index is 0.0609. The molecule has 0 bridgehead atoms. The number of nitrogens with one attached hydrogen (secondary N) is 1. The van der Waals surface area contributed by atoms with Crippen LogP contribution < -0.4 is 4.72 Å². The molecule has 1 aliphatic rings. The molecule has 172 valence electrons. The molecule has 4 rings (SSSR count). The Morgan fingerprint density at radius 3 is 2.48 bits per heavy atom. The number of carbonyl (C=O) groups excluding carboxylic acids is 2. The van der Waals surface area contributed by atoms with Gasteiger partial charge in [0.2, 0.25) is 0 Å². The molecule has 1 N–H and O–H groups in total. The number of anilines is 1. The number of ether oxygens (including phenoxy) is 1. The molecule has 1 amide bonds. The minimum atomic E-state index is -4.21. The number of hydrogen-bond donors (Lipinski definition) is 1. The molecule has 33 heavy (non-hydrogen) atoms. The van der Waals surface area contributed by atoms with Crippen molar-refractivity contribution in [2.75, 3.05) is 18.4 Å². The fraction of sp³-hybridized carbons (Fsp3) is 0.182. The molecule has 7 nitrogen and oxygen atoms in total. The van der Waals surface area contributed by atoms with Gasteiger partial charge in [-0.25, -0.2) is 22.0 Å². The van der Waals surface area contributed by atoms with Crippen molar-refractivity contribution in [2.45, 2.75) is 17.2 Å². The molecular weight excluding hydrogens is 474 g/mol. The molecule has 3 aromatic rings. The first-order chi connectivity index (χ1) is 15.7. The third kappa shape index (κ3) is 4.60. The van der Waals surface area contributed by atoms with Gasteiger partial charge >= 0.3 is 5.97 Å². The zero-order valence-corrected chi connectivity index (χ0v) is 18.9. The highest BCUT2D eigenvalue weighted by Gasteiger charge is 2.35. The van der Waals surface area contributed by atoms with Crippen molar-refractivity contribution in [1.82, 2.24) is 4.90 Å². The van der Waals surface area contributed by atoms with E-state index in [4.69, 9.17) is 4.74 Å². The maximum absolute atomic E-state index is 13.5. The predicted octanol–water partition coefficient (Wildman–Crippen LogP) is 3.81. The number of amides is 1. The maximum atomic E-state index is 13.5. The van der Waals surface area contributed by atoms with Gasteiger partial charge in [-0.05, 0) is 54.4 Å². The highest BCUT2D eigenvalue weighted by molar-refractivity contribution is 7.94. The molecule has 0 saturated heterocycles. The fourth-order valence-corrected chi connectivity index (χ4v) is 6.53. The number of carbonyl (C=O) groups is 2. The van der Waals surface area contributed by atoms with E-state index in [-0.39, 0.29) is 40.5 Å². The monoisotopic (exact) mass is 492 g/mol. The van der Waals surface area contributed by atoms with Gasteiger partial charge in [-0.3, -0.25) is 9.52 Å². The van der Waals surface area contributed by atoms with Gasteiger partial charge in [0.15, 0.2) is 4.21 Å². The SMILES string of the molecule is COC(=O)c1c(S(=O)(=O)Nc2ccc(F)cc2)sc2c1CCN(C(=O)c1cccc(F)c1)C2. The first-order valence-corrected chi connectivity index (χ1v) is 12.1. The Morgan fingerprint density at radius 1 is 1.09 bits per heavy atom. The lowest BCUT2D eigenvalue weighted by Crippen LogP contribution is -2.35. The smallest absolute Gasteiger partial charge is 0.340 e. The van der Waals surface area contributed by atoms with Crippen molar-refractivity contribution in [3.8, 4) is 0 Å². The highest BCUT2D eigenvalue weighted by Crippen LogP contribution is 2.37. The Balaban J connectivity index is 1.69. The van der Waals surface area contributed by atoms with Crippen molar-refractivity contribution in [1.29, 1.82) is 0 Å². The normalized spacial score (nSPS) is 13.4. The summed E-state index contributed by atoms with van der Waals surface area (Å²) in [4.78, 5) is 27.3. The van der Waals surface area contributed by atoms with E-state index in [1.165, 1.54) is 35.2 Å². The molecule has 0 radical (unpaired) electrons. The predicted molar refractivity (Wildman–Crippen MR) is 118 cm³/mol. The van der Waals surface area contributed by atoms with E-state index in [2.05, 4.69) is 4.72 Å². The Kier molecular flexibility index (Phi) is 6.17. The van der Waals surface area contributed by atoms with E-state index in [1.807, 2.05) is 0 Å². The van der Waals surface area contributed by atoms with Crippen molar-refractivity contribution >= 4 is 38.9 Å². The fourth-order valence-electron chi connectivity index (χ4n) is 3.57. The summed E-state index contributed by atoms with van der Waals surface area (Å²) in [5.41, 5.74) is 0.718. The van der Waals surface area contributed by atoms with Crippen molar-refractivity contribution in [2.24, 2.45) is 0 Å². The average Bonchev–Trinajstić information content (AvgIpc) is 3.19. The lowest BCUT2D eigenvalue weighted by atomic mass is 10.0. The van der Waals surface area contributed by atoms with Crippen LogP contribution in [0.1, 0.15) is 31.2 Å². The van der Waals surface area contributed by atoms with Gasteiger partial charge in [0, 0.05) is 22.7 Å². The Morgan fingerprint density at radius 2 is 1.82 bits per heavy atom. The molecule has 1 aromatic heterocycles. The molecule has 1 aliphatic heterocycles. The number of esters is 1.